The minimum absolute atomic E-state index is 0.106. The van der Waals surface area contributed by atoms with E-state index in [0.29, 0.717) is 26.2 Å². The molecule has 1 atom stereocenters. The van der Waals surface area contributed by atoms with Gasteiger partial charge in [0.1, 0.15) is 13.1 Å². The molecule has 0 aliphatic heterocycles. The standard InChI is InChI=1S/C16H32O5Si/c1-16(2,3)22(5,6)21-15(8-7-10-17)9-11-19-14-20-13-12-18-4/h7-8,10,15H,9,11-14H2,1-6H3/b8-7-/t15-/m1/s1. The summed E-state index contributed by atoms with van der Waals surface area (Å²) in [5.74, 6) is 0. The van der Waals surface area contributed by atoms with Crippen LogP contribution in [0.5, 0.6) is 0 Å². The van der Waals surface area contributed by atoms with Gasteiger partial charge in [0.25, 0.3) is 0 Å². The van der Waals surface area contributed by atoms with E-state index < -0.39 is 8.32 Å². The lowest BCUT2D eigenvalue weighted by Crippen LogP contribution is -2.43. The molecule has 0 aromatic rings. The van der Waals surface area contributed by atoms with Crippen molar-refractivity contribution in [2.24, 2.45) is 0 Å². The molecule has 0 aliphatic carbocycles. The molecular weight excluding hydrogens is 300 g/mol. The van der Waals surface area contributed by atoms with Crippen LogP contribution >= 0.6 is 0 Å². The summed E-state index contributed by atoms with van der Waals surface area (Å²) in [7, 11) is -0.243. The number of aldehydes is 1. The van der Waals surface area contributed by atoms with E-state index in [1.54, 1.807) is 7.11 Å². The van der Waals surface area contributed by atoms with Gasteiger partial charge < -0.3 is 18.6 Å². The van der Waals surface area contributed by atoms with E-state index in [1.807, 2.05) is 6.08 Å². The molecule has 0 aliphatic rings. The van der Waals surface area contributed by atoms with Gasteiger partial charge in [-0.25, -0.2) is 0 Å². The van der Waals surface area contributed by atoms with Crippen LogP contribution in [0.3, 0.4) is 0 Å². The number of methoxy groups -OCH3 is 1. The highest BCUT2D eigenvalue weighted by Gasteiger charge is 2.38. The molecule has 22 heavy (non-hydrogen) atoms. The van der Waals surface area contributed by atoms with E-state index in [1.165, 1.54) is 6.08 Å². The fourth-order valence-electron chi connectivity index (χ4n) is 1.44. The lowest BCUT2D eigenvalue weighted by molar-refractivity contribution is -0.104. The molecule has 0 spiro atoms. The Balaban J connectivity index is 4.25. The lowest BCUT2D eigenvalue weighted by Gasteiger charge is -2.38. The maximum atomic E-state index is 10.6. The van der Waals surface area contributed by atoms with Gasteiger partial charge in [0.15, 0.2) is 8.32 Å². The average Bonchev–Trinajstić information content (AvgIpc) is 2.42. The highest BCUT2D eigenvalue weighted by molar-refractivity contribution is 6.74. The summed E-state index contributed by atoms with van der Waals surface area (Å²) < 4.78 is 21.8. The monoisotopic (exact) mass is 332 g/mol. The number of hydrogen-bond donors (Lipinski definition) is 0. The third-order valence-corrected chi connectivity index (χ3v) is 8.31. The third-order valence-electron chi connectivity index (χ3n) is 3.80. The van der Waals surface area contributed by atoms with Crippen LogP contribution in [0.25, 0.3) is 0 Å². The Hall–Kier alpha value is -0.533. The number of rotatable bonds is 12. The molecular formula is C16H32O5Si. The Morgan fingerprint density at radius 1 is 1.09 bits per heavy atom. The summed E-state index contributed by atoms with van der Waals surface area (Å²) in [6.07, 6.45) is 4.67. The Morgan fingerprint density at radius 3 is 2.27 bits per heavy atom. The molecule has 0 radical (unpaired) electrons. The van der Waals surface area contributed by atoms with Crippen molar-refractivity contribution in [2.75, 3.05) is 33.7 Å². The van der Waals surface area contributed by atoms with Gasteiger partial charge in [0, 0.05) is 7.11 Å². The summed E-state index contributed by atoms with van der Waals surface area (Å²) in [5, 5.41) is 0.129. The first-order valence-electron chi connectivity index (χ1n) is 7.69. The lowest BCUT2D eigenvalue weighted by atomic mass is 10.2. The zero-order valence-corrected chi connectivity index (χ0v) is 15.9. The predicted molar refractivity (Wildman–Crippen MR) is 90.5 cm³/mol. The normalized spacial score (nSPS) is 14.5. The van der Waals surface area contributed by atoms with Crippen LogP contribution in [0, 0.1) is 0 Å². The van der Waals surface area contributed by atoms with Crippen molar-refractivity contribution in [3.8, 4) is 0 Å². The van der Waals surface area contributed by atoms with Gasteiger partial charge in [-0.05, 0) is 30.6 Å². The number of hydrogen-bond acceptors (Lipinski definition) is 5. The van der Waals surface area contributed by atoms with E-state index >= 15 is 0 Å². The second-order valence-electron chi connectivity index (χ2n) is 6.65. The number of carbonyl (C=O) groups is 1. The molecule has 0 fully saturated rings. The van der Waals surface area contributed by atoms with Crippen LogP contribution in [0.15, 0.2) is 12.2 Å². The van der Waals surface area contributed by atoms with E-state index in [2.05, 4.69) is 33.9 Å². The van der Waals surface area contributed by atoms with Crippen molar-refractivity contribution in [2.45, 2.75) is 51.4 Å². The fraction of sp³-hybridized carbons (Fsp3) is 0.812. The van der Waals surface area contributed by atoms with Gasteiger partial charge in [-0.2, -0.15) is 0 Å². The number of ether oxygens (including phenoxy) is 3. The molecule has 0 heterocycles. The van der Waals surface area contributed by atoms with Crippen molar-refractivity contribution in [1.29, 1.82) is 0 Å². The molecule has 0 aromatic heterocycles. The zero-order chi connectivity index (χ0) is 17.1. The minimum atomic E-state index is -1.87. The molecule has 5 nitrogen and oxygen atoms in total. The first-order chi connectivity index (χ1) is 10.2. The Bertz CT molecular complexity index is 323. The van der Waals surface area contributed by atoms with Crippen LogP contribution in [0.4, 0.5) is 0 Å². The van der Waals surface area contributed by atoms with Crippen molar-refractivity contribution in [3.63, 3.8) is 0 Å². The third kappa shape index (κ3) is 9.48. The molecule has 0 rings (SSSR count). The number of allylic oxidation sites excluding steroid dienone is 1. The zero-order valence-electron chi connectivity index (χ0n) is 14.9. The molecule has 130 valence electrons. The summed E-state index contributed by atoms with van der Waals surface area (Å²) in [6, 6.07) is 0. The van der Waals surface area contributed by atoms with Crippen molar-refractivity contribution < 1.29 is 23.4 Å². The Kier molecular flexibility index (Phi) is 10.8. The first kappa shape index (κ1) is 21.5. The quantitative estimate of drug-likeness (QED) is 0.181. The van der Waals surface area contributed by atoms with Crippen LogP contribution in [0.2, 0.25) is 18.1 Å². The smallest absolute Gasteiger partial charge is 0.192 e. The van der Waals surface area contributed by atoms with E-state index in [0.717, 1.165) is 6.29 Å². The van der Waals surface area contributed by atoms with E-state index in [4.69, 9.17) is 18.6 Å². The summed E-state index contributed by atoms with van der Waals surface area (Å²) in [5.41, 5.74) is 0. The maximum absolute atomic E-state index is 10.6. The summed E-state index contributed by atoms with van der Waals surface area (Å²) in [4.78, 5) is 10.6. The number of carbonyl (C=O) groups excluding carboxylic acids is 1. The first-order valence-corrected chi connectivity index (χ1v) is 10.6. The average molecular weight is 333 g/mol. The Labute approximate surface area is 136 Å². The molecule has 0 saturated carbocycles. The van der Waals surface area contributed by atoms with E-state index in [-0.39, 0.29) is 17.9 Å². The van der Waals surface area contributed by atoms with Crippen molar-refractivity contribution in [1.82, 2.24) is 0 Å². The van der Waals surface area contributed by atoms with Gasteiger partial charge in [-0.15, -0.1) is 0 Å². The second kappa shape index (κ2) is 11.1. The predicted octanol–water partition coefficient (Wildman–Crippen LogP) is 3.16. The molecule has 0 bridgehead atoms. The molecule has 0 aromatic carbocycles. The largest absolute Gasteiger partial charge is 0.410 e. The van der Waals surface area contributed by atoms with Gasteiger partial charge in [-0.1, -0.05) is 26.8 Å². The van der Waals surface area contributed by atoms with Crippen LogP contribution in [-0.4, -0.2) is 54.4 Å². The fourth-order valence-corrected chi connectivity index (χ4v) is 2.74. The van der Waals surface area contributed by atoms with Crippen molar-refractivity contribution in [3.05, 3.63) is 12.2 Å². The van der Waals surface area contributed by atoms with Gasteiger partial charge in [0.2, 0.25) is 0 Å². The summed E-state index contributed by atoms with van der Waals surface area (Å²) in [6.45, 7) is 12.8. The molecule has 0 saturated heterocycles. The topological polar surface area (TPSA) is 54.0 Å². The maximum Gasteiger partial charge on any atom is 0.192 e. The molecule has 0 amide bonds. The van der Waals surface area contributed by atoms with Gasteiger partial charge >= 0.3 is 0 Å². The van der Waals surface area contributed by atoms with Crippen LogP contribution in [-0.2, 0) is 23.4 Å². The SMILES string of the molecule is COCCOCOCC[C@@H](/C=C\C=O)O[Si](C)(C)C(C)(C)C. The van der Waals surface area contributed by atoms with Crippen molar-refractivity contribution >= 4 is 14.6 Å². The van der Waals surface area contributed by atoms with E-state index in [9.17, 15) is 4.79 Å². The highest BCUT2D eigenvalue weighted by Crippen LogP contribution is 2.37. The molecule has 0 N–H and O–H groups in total. The molecule has 6 heteroatoms. The van der Waals surface area contributed by atoms with Gasteiger partial charge in [-0.3, -0.25) is 4.79 Å². The van der Waals surface area contributed by atoms with Crippen LogP contribution in [0.1, 0.15) is 27.2 Å². The molecule has 0 unspecified atom stereocenters. The summed E-state index contributed by atoms with van der Waals surface area (Å²) >= 11 is 0. The van der Waals surface area contributed by atoms with Crippen LogP contribution < -0.4 is 0 Å². The minimum Gasteiger partial charge on any atom is -0.410 e. The highest BCUT2D eigenvalue weighted by atomic mass is 28.4. The van der Waals surface area contributed by atoms with Gasteiger partial charge in [0.05, 0.1) is 25.9 Å². The Morgan fingerprint density at radius 2 is 1.73 bits per heavy atom. The second-order valence-corrected chi connectivity index (χ2v) is 11.4.